The number of rotatable bonds is 3. The van der Waals surface area contributed by atoms with Gasteiger partial charge >= 0.3 is 0 Å². The quantitative estimate of drug-likeness (QED) is 0.647. The number of nitrogens with zero attached hydrogens (tertiary/aromatic N) is 1. The summed E-state index contributed by atoms with van der Waals surface area (Å²) < 4.78 is 0. The second-order valence-electron chi connectivity index (χ2n) is 2.19. The Kier molecular flexibility index (Phi) is 11.7. The van der Waals surface area contributed by atoms with Crippen molar-refractivity contribution in [3.63, 3.8) is 0 Å². The molecule has 0 atom stereocenters. The molecule has 0 bridgehead atoms. The Bertz CT molecular complexity index is 146. The standard InChI is InChI=1S/C8H16N2.C2H6/c1-5-10-6-7(2)8(3)9-4;1-2/h6,9H,5H2,1-4H3;1-2H3/b8-7+,10-6?;. The molecular formula is C10H22N2. The lowest BCUT2D eigenvalue weighted by atomic mass is 10.2. The lowest BCUT2D eigenvalue weighted by Crippen LogP contribution is -2.04. The summed E-state index contributed by atoms with van der Waals surface area (Å²) in [6.07, 6.45) is 1.89. The Morgan fingerprint density at radius 2 is 1.83 bits per heavy atom. The van der Waals surface area contributed by atoms with Crippen LogP contribution in [0.2, 0.25) is 0 Å². The van der Waals surface area contributed by atoms with E-state index in [9.17, 15) is 0 Å². The van der Waals surface area contributed by atoms with E-state index in [1.807, 2.05) is 47.9 Å². The zero-order chi connectivity index (χ0) is 9.98. The normalized spacial score (nSPS) is 11.8. The molecule has 0 aliphatic carbocycles. The van der Waals surface area contributed by atoms with Crippen molar-refractivity contribution in [1.82, 2.24) is 5.32 Å². The summed E-state index contributed by atoms with van der Waals surface area (Å²) in [6, 6.07) is 0. The Balaban J connectivity index is 0. The minimum atomic E-state index is 0.855. The van der Waals surface area contributed by atoms with Crippen LogP contribution in [0.1, 0.15) is 34.6 Å². The van der Waals surface area contributed by atoms with Gasteiger partial charge in [0, 0.05) is 25.5 Å². The highest BCUT2D eigenvalue weighted by Crippen LogP contribution is 1.94. The molecule has 0 amide bonds. The predicted molar refractivity (Wildman–Crippen MR) is 57.8 cm³/mol. The van der Waals surface area contributed by atoms with Crippen LogP contribution in [0, 0.1) is 0 Å². The van der Waals surface area contributed by atoms with Gasteiger partial charge in [-0.3, -0.25) is 4.99 Å². The van der Waals surface area contributed by atoms with Gasteiger partial charge in [0.05, 0.1) is 0 Å². The van der Waals surface area contributed by atoms with Gasteiger partial charge in [-0.2, -0.15) is 0 Å². The second-order valence-corrected chi connectivity index (χ2v) is 2.19. The smallest absolute Gasteiger partial charge is 0.0361 e. The van der Waals surface area contributed by atoms with Crippen molar-refractivity contribution in [2.75, 3.05) is 13.6 Å². The Hall–Kier alpha value is -0.790. The third kappa shape index (κ3) is 7.32. The van der Waals surface area contributed by atoms with Gasteiger partial charge in [-0.15, -0.1) is 0 Å². The number of allylic oxidation sites excluding steroid dienone is 2. The van der Waals surface area contributed by atoms with Crippen LogP contribution in [0.3, 0.4) is 0 Å². The minimum Gasteiger partial charge on any atom is -0.391 e. The first kappa shape index (κ1) is 13.8. The SMILES string of the molecule is CC.CCN=C/C(C)=C(\C)NC. The predicted octanol–water partition coefficient (Wildman–Crippen LogP) is 2.62. The van der Waals surface area contributed by atoms with Gasteiger partial charge in [0.1, 0.15) is 0 Å². The van der Waals surface area contributed by atoms with E-state index in [1.165, 1.54) is 11.3 Å². The van der Waals surface area contributed by atoms with E-state index in [4.69, 9.17) is 0 Å². The van der Waals surface area contributed by atoms with Crippen molar-refractivity contribution < 1.29 is 0 Å². The number of hydrogen-bond acceptors (Lipinski definition) is 2. The second kappa shape index (κ2) is 10.2. The summed E-state index contributed by atoms with van der Waals surface area (Å²) in [5, 5.41) is 3.06. The van der Waals surface area contributed by atoms with Crippen LogP contribution in [0.4, 0.5) is 0 Å². The molecule has 0 fully saturated rings. The number of hydrogen-bond donors (Lipinski definition) is 1. The Morgan fingerprint density at radius 3 is 2.17 bits per heavy atom. The highest BCUT2D eigenvalue weighted by atomic mass is 14.8. The maximum atomic E-state index is 4.12. The molecule has 0 aliphatic rings. The van der Waals surface area contributed by atoms with Crippen LogP contribution in [-0.4, -0.2) is 19.8 Å². The van der Waals surface area contributed by atoms with Crippen LogP contribution in [0.15, 0.2) is 16.3 Å². The fourth-order valence-electron chi connectivity index (χ4n) is 0.522. The molecule has 0 unspecified atom stereocenters. The topological polar surface area (TPSA) is 24.4 Å². The van der Waals surface area contributed by atoms with Gasteiger partial charge in [0.15, 0.2) is 0 Å². The van der Waals surface area contributed by atoms with Gasteiger partial charge < -0.3 is 5.32 Å². The molecule has 0 aromatic heterocycles. The molecule has 0 rings (SSSR count). The molecule has 0 saturated carbocycles. The first-order valence-corrected chi connectivity index (χ1v) is 4.57. The zero-order valence-electron chi connectivity index (χ0n) is 9.23. The molecule has 0 heterocycles. The fourth-order valence-corrected chi connectivity index (χ4v) is 0.522. The van der Waals surface area contributed by atoms with E-state index in [-0.39, 0.29) is 0 Å². The molecule has 2 nitrogen and oxygen atoms in total. The lowest BCUT2D eigenvalue weighted by molar-refractivity contribution is 0.974. The van der Waals surface area contributed by atoms with Crippen LogP contribution in [0.5, 0.6) is 0 Å². The summed E-state index contributed by atoms with van der Waals surface area (Å²) in [5.41, 5.74) is 2.38. The average molecular weight is 170 g/mol. The number of nitrogens with one attached hydrogen (secondary N) is 1. The van der Waals surface area contributed by atoms with E-state index < -0.39 is 0 Å². The van der Waals surface area contributed by atoms with Gasteiger partial charge in [0.25, 0.3) is 0 Å². The highest BCUT2D eigenvalue weighted by Gasteiger charge is 1.87. The van der Waals surface area contributed by atoms with Crippen LogP contribution in [0.25, 0.3) is 0 Å². The van der Waals surface area contributed by atoms with Crippen LogP contribution in [-0.2, 0) is 0 Å². The average Bonchev–Trinajstić information content (AvgIpc) is 2.16. The number of aliphatic imine (C=N–C) groups is 1. The van der Waals surface area contributed by atoms with Gasteiger partial charge in [-0.05, 0) is 26.3 Å². The first-order valence-electron chi connectivity index (χ1n) is 4.57. The van der Waals surface area contributed by atoms with E-state index in [0.717, 1.165) is 6.54 Å². The molecule has 0 aliphatic heterocycles. The summed E-state index contributed by atoms with van der Waals surface area (Å²) in [4.78, 5) is 4.12. The third-order valence-electron chi connectivity index (χ3n) is 1.43. The van der Waals surface area contributed by atoms with Crippen LogP contribution >= 0.6 is 0 Å². The van der Waals surface area contributed by atoms with Crippen molar-refractivity contribution in [1.29, 1.82) is 0 Å². The molecule has 0 aromatic carbocycles. The molecule has 12 heavy (non-hydrogen) atoms. The molecule has 0 aromatic rings. The van der Waals surface area contributed by atoms with Crippen molar-refractivity contribution in [2.45, 2.75) is 34.6 Å². The Morgan fingerprint density at radius 1 is 1.33 bits per heavy atom. The summed E-state index contributed by atoms with van der Waals surface area (Å²) in [5.74, 6) is 0. The van der Waals surface area contributed by atoms with Gasteiger partial charge in [0.2, 0.25) is 0 Å². The van der Waals surface area contributed by atoms with Gasteiger partial charge in [-0.1, -0.05) is 13.8 Å². The van der Waals surface area contributed by atoms with E-state index in [0.29, 0.717) is 0 Å². The maximum Gasteiger partial charge on any atom is 0.0361 e. The van der Waals surface area contributed by atoms with E-state index in [1.54, 1.807) is 0 Å². The summed E-state index contributed by atoms with van der Waals surface area (Å²) in [6.45, 7) is 11.0. The third-order valence-corrected chi connectivity index (χ3v) is 1.43. The molecule has 0 spiro atoms. The molecule has 1 N–H and O–H groups in total. The molecule has 0 saturated heterocycles. The summed E-state index contributed by atoms with van der Waals surface area (Å²) in [7, 11) is 1.92. The van der Waals surface area contributed by atoms with Crippen molar-refractivity contribution in [3.8, 4) is 0 Å². The maximum absolute atomic E-state index is 4.12. The zero-order valence-corrected chi connectivity index (χ0v) is 9.23. The van der Waals surface area contributed by atoms with Crippen molar-refractivity contribution in [2.24, 2.45) is 4.99 Å². The molecule has 72 valence electrons. The molecule has 0 radical (unpaired) electrons. The minimum absolute atomic E-state index is 0.855. The molecule has 2 heteroatoms. The highest BCUT2D eigenvalue weighted by molar-refractivity contribution is 5.78. The van der Waals surface area contributed by atoms with Crippen LogP contribution < -0.4 is 5.32 Å². The lowest BCUT2D eigenvalue weighted by Gasteiger charge is -2.00. The van der Waals surface area contributed by atoms with Crippen molar-refractivity contribution in [3.05, 3.63) is 11.3 Å². The van der Waals surface area contributed by atoms with E-state index >= 15 is 0 Å². The Labute approximate surface area is 76.8 Å². The first-order chi connectivity index (χ1) is 5.72. The van der Waals surface area contributed by atoms with Crippen molar-refractivity contribution >= 4 is 6.21 Å². The monoisotopic (exact) mass is 170 g/mol. The van der Waals surface area contributed by atoms with E-state index in [2.05, 4.69) is 10.3 Å². The fraction of sp³-hybridized carbons (Fsp3) is 0.700. The van der Waals surface area contributed by atoms with Gasteiger partial charge in [-0.25, -0.2) is 0 Å². The molecular weight excluding hydrogens is 148 g/mol. The largest absolute Gasteiger partial charge is 0.391 e. The summed E-state index contributed by atoms with van der Waals surface area (Å²) >= 11 is 0.